The second-order valence-electron chi connectivity index (χ2n) is 5.01. The predicted molar refractivity (Wildman–Crippen MR) is 79.1 cm³/mol. The fourth-order valence-electron chi connectivity index (χ4n) is 1.35. The number of aliphatic hydroxyl groups excluding tert-OH is 1. The predicted octanol–water partition coefficient (Wildman–Crippen LogP) is 2.49. The molecule has 2 atom stereocenters. The number of rotatable bonds is 5. The van der Waals surface area contributed by atoms with Crippen molar-refractivity contribution in [1.29, 1.82) is 0 Å². The van der Waals surface area contributed by atoms with Crippen LogP contribution in [0.5, 0.6) is 0 Å². The normalized spacial score (nSPS) is 15.4. The van der Waals surface area contributed by atoms with E-state index in [0.717, 1.165) is 5.56 Å². The van der Waals surface area contributed by atoms with E-state index in [9.17, 15) is 9.32 Å². The molecule has 2 N–H and O–H groups in total. The standard InChI is InChI=1S/C13H21NO2S2/c1-13(2,3)18(16)14-12(9-15)10-5-7-11(17-4)8-6-10/h5-8,12,14-15H,9H2,1-4H3/t12-,18+/m0/s1. The molecule has 1 aromatic carbocycles. The molecule has 0 aliphatic carbocycles. The Balaban J connectivity index is 2.80. The van der Waals surface area contributed by atoms with Crippen molar-refractivity contribution < 1.29 is 9.32 Å². The molecule has 1 rings (SSSR count). The Bertz CT molecular complexity index is 398. The molecule has 0 saturated carbocycles. The molecule has 102 valence electrons. The van der Waals surface area contributed by atoms with E-state index in [2.05, 4.69) is 4.72 Å². The van der Waals surface area contributed by atoms with Gasteiger partial charge in [0, 0.05) is 4.90 Å². The Kier molecular flexibility index (Phi) is 5.85. The van der Waals surface area contributed by atoms with Crippen LogP contribution in [0.25, 0.3) is 0 Å². The van der Waals surface area contributed by atoms with Crippen molar-refractivity contribution in [3.8, 4) is 0 Å². The van der Waals surface area contributed by atoms with Crippen LogP contribution in [0.2, 0.25) is 0 Å². The number of thioether (sulfide) groups is 1. The summed E-state index contributed by atoms with van der Waals surface area (Å²) in [5.41, 5.74) is 0.952. The third kappa shape index (κ3) is 4.39. The van der Waals surface area contributed by atoms with Crippen LogP contribution in [0.3, 0.4) is 0 Å². The SMILES string of the molecule is CSc1ccc([C@H](CO)N[S@](=O)C(C)(C)C)cc1. The quantitative estimate of drug-likeness (QED) is 0.818. The van der Waals surface area contributed by atoms with Crippen molar-refractivity contribution in [1.82, 2.24) is 4.72 Å². The Labute approximate surface area is 116 Å². The van der Waals surface area contributed by atoms with Crippen molar-refractivity contribution in [2.45, 2.75) is 36.5 Å². The van der Waals surface area contributed by atoms with Crippen LogP contribution in [0.15, 0.2) is 29.2 Å². The molecule has 1 aromatic rings. The smallest absolute Gasteiger partial charge is 0.0976 e. The Morgan fingerprint density at radius 1 is 1.33 bits per heavy atom. The van der Waals surface area contributed by atoms with Crippen LogP contribution in [0, 0.1) is 0 Å². The Hall–Kier alpha value is -0.360. The number of benzene rings is 1. The summed E-state index contributed by atoms with van der Waals surface area (Å²) in [6, 6.07) is 7.63. The van der Waals surface area contributed by atoms with E-state index in [1.54, 1.807) is 11.8 Å². The van der Waals surface area contributed by atoms with Crippen LogP contribution in [0.4, 0.5) is 0 Å². The van der Waals surface area contributed by atoms with Crippen molar-refractivity contribution in [2.75, 3.05) is 12.9 Å². The van der Waals surface area contributed by atoms with E-state index in [4.69, 9.17) is 0 Å². The Morgan fingerprint density at radius 3 is 2.28 bits per heavy atom. The highest BCUT2D eigenvalue weighted by atomic mass is 32.2. The molecule has 0 fully saturated rings. The van der Waals surface area contributed by atoms with E-state index in [1.165, 1.54) is 4.90 Å². The van der Waals surface area contributed by atoms with Gasteiger partial charge in [0.15, 0.2) is 0 Å². The minimum Gasteiger partial charge on any atom is -0.394 e. The second-order valence-corrected chi connectivity index (χ2v) is 7.88. The van der Waals surface area contributed by atoms with Crippen molar-refractivity contribution in [3.05, 3.63) is 29.8 Å². The molecule has 0 aliphatic rings. The van der Waals surface area contributed by atoms with Gasteiger partial charge in [-0.1, -0.05) is 12.1 Å². The van der Waals surface area contributed by atoms with Crippen molar-refractivity contribution in [2.24, 2.45) is 0 Å². The lowest BCUT2D eigenvalue weighted by Crippen LogP contribution is -2.37. The maximum absolute atomic E-state index is 12.0. The molecule has 0 amide bonds. The highest BCUT2D eigenvalue weighted by Gasteiger charge is 2.23. The molecule has 5 heteroatoms. The fourth-order valence-corrected chi connectivity index (χ4v) is 2.58. The summed E-state index contributed by atoms with van der Waals surface area (Å²) in [6.45, 7) is 5.64. The van der Waals surface area contributed by atoms with Crippen LogP contribution < -0.4 is 4.72 Å². The summed E-state index contributed by atoms with van der Waals surface area (Å²) in [5.74, 6) is 0. The van der Waals surface area contributed by atoms with Crippen LogP contribution in [-0.4, -0.2) is 26.9 Å². The van der Waals surface area contributed by atoms with Crippen LogP contribution in [-0.2, 0) is 11.0 Å². The monoisotopic (exact) mass is 287 g/mol. The third-order valence-corrected chi connectivity index (χ3v) is 4.86. The first-order valence-corrected chi connectivity index (χ1v) is 8.19. The lowest BCUT2D eigenvalue weighted by Gasteiger charge is -2.23. The van der Waals surface area contributed by atoms with Crippen molar-refractivity contribution >= 4 is 22.7 Å². The minimum atomic E-state index is -1.19. The molecule has 0 radical (unpaired) electrons. The largest absolute Gasteiger partial charge is 0.394 e. The van der Waals surface area contributed by atoms with Gasteiger partial charge in [0.25, 0.3) is 0 Å². The first-order valence-electron chi connectivity index (χ1n) is 5.81. The van der Waals surface area contributed by atoms with E-state index in [-0.39, 0.29) is 17.4 Å². The molecule has 0 unspecified atom stereocenters. The van der Waals surface area contributed by atoms with Gasteiger partial charge in [0.05, 0.1) is 28.4 Å². The molecule has 3 nitrogen and oxygen atoms in total. The summed E-state index contributed by atoms with van der Waals surface area (Å²) in [6.07, 6.45) is 2.02. The van der Waals surface area contributed by atoms with Gasteiger partial charge in [-0.25, -0.2) is 8.93 Å². The molecule has 0 saturated heterocycles. The average molecular weight is 287 g/mol. The summed E-state index contributed by atoms with van der Waals surface area (Å²) >= 11 is 1.67. The van der Waals surface area contributed by atoms with Crippen LogP contribution in [0.1, 0.15) is 32.4 Å². The van der Waals surface area contributed by atoms with Gasteiger partial charge in [0.2, 0.25) is 0 Å². The lowest BCUT2D eigenvalue weighted by atomic mass is 10.1. The van der Waals surface area contributed by atoms with Gasteiger partial charge < -0.3 is 5.11 Å². The van der Waals surface area contributed by atoms with E-state index in [1.807, 2.05) is 51.3 Å². The molecule has 18 heavy (non-hydrogen) atoms. The summed E-state index contributed by atoms with van der Waals surface area (Å²) in [4.78, 5) is 1.17. The summed E-state index contributed by atoms with van der Waals surface area (Å²) in [7, 11) is -1.19. The van der Waals surface area contributed by atoms with Gasteiger partial charge in [0.1, 0.15) is 0 Å². The molecule has 0 bridgehead atoms. The van der Waals surface area contributed by atoms with Crippen LogP contribution >= 0.6 is 11.8 Å². The molecule has 0 aliphatic heterocycles. The number of nitrogens with one attached hydrogen (secondary N) is 1. The molecule has 0 aromatic heterocycles. The number of hydrogen-bond acceptors (Lipinski definition) is 3. The van der Waals surface area contributed by atoms with E-state index in [0.29, 0.717) is 0 Å². The highest BCUT2D eigenvalue weighted by molar-refractivity contribution is 7.98. The first kappa shape index (κ1) is 15.7. The molecular formula is C13H21NO2S2. The third-order valence-electron chi connectivity index (χ3n) is 2.51. The lowest BCUT2D eigenvalue weighted by molar-refractivity contribution is 0.259. The zero-order chi connectivity index (χ0) is 13.8. The summed E-state index contributed by atoms with van der Waals surface area (Å²) in [5, 5.41) is 9.42. The van der Waals surface area contributed by atoms with Gasteiger partial charge in [-0.2, -0.15) is 0 Å². The fraction of sp³-hybridized carbons (Fsp3) is 0.538. The van der Waals surface area contributed by atoms with Gasteiger partial charge in [-0.3, -0.25) is 0 Å². The highest BCUT2D eigenvalue weighted by Crippen LogP contribution is 2.20. The Morgan fingerprint density at radius 2 is 1.89 bits per heavy atom. The van der Waals surface area contributed by atoms with Gasteiger partial charge in [-0.05, 0) is 44.7 Å². The molecule has 0 heterocycles. The zero-order valence-electron chi connectivity index (χ0n) is 11.3. The van der Waals surface area contributed by atoms with Crippen molar-refractivity contribution in [3.63, 3.8) is 0 Å². The topological polar surface area (TPSA) is 49.3 Å². The van der Waals surface area contributed by atoms with E-state index < -0.39 is 11.0 Å². The second kappa shape index (κ2) is 6.70. The number of aliphatic hydroxyl groups is 1. The average Bonchev–Trinajstić information content (AvgIpc) is 2.34. The maximum Gasteiger partial charge on any atom is 0.0976 e. The van der Waals surface area contributed by atoms with Gasteiger partial charge in [-0.15, -0.1) is 11.8 Å². The van der Waals surface area contributed by atoms with E-state index >= 15 is 0 Å². The number of hydrogen-bond donors (Lipinski definition) is 2. The first-order chi connectivity index (χ1) is 8.38. The van der Waals surface area contributed by atoms with Gasteiger partial charge >= 0.3 is 0 Å². The maximum atomic E-state index is 12.0. The minimum absolute atomic E-state index is 0.0690. The molecule has 0 spiro atoms. The summed E-state index contributed by atoms with van der Waals surface area (Å²) < 4.78 is 14.7. The zero-order valence-corrected chi connectivity index (χ0v) is 12.9. The molecular weight excluding hydrogens is 266 g/mol.